The van der Waals surface area contributed by atoms with E-state index in [9.17, 15) is 9.18 Å². The summed E-state index contributed by atoms with van der Waals surface area (Å²) in [7, 11) is 0. The van der Waals surface area contributed by atoms with Crippen LogP contribution in [-0.4, -0.2) is 42.8 Å². The third-order valence-electron chi connectivity index (χ3n) is 7.17. The average Bonchev–Trinajstić information content (AvgIpc) is 3.51. The quantitative estimate of drug-likeness (QED) is 0.384. The van der Waals surface area contributed by atoms with Crippen LogP contribution in [0.4, 0.5) is 10.2 Å². The zero-order valence-electron chi connectivity index (χ0n) is 21.4. The number of halogens is 1. The third-order valence-corrected chi connectivity index (χ3v) is 7.17. The molecule has 37 heavy (non-hydrogen) atoms. The minimum atomic E-state index is -0.416. The van der Waals surface area contributed by atoms with E-state index in [0.717, 1.165) is 61.2 Å². The number of hydrogen-bond donors (Lipinski definition) is 4. The Hall–Kier alpha value is -3.44. The predicted octanol–water partition coefficient (Wildman–Crippen LogP) is 3.28. The van der Waals surface area contributed by atoms with Gasteiger partial charge in [-0.05, 0) is 64.5 Å². The lowest BCUT2D eigenvalue weighted by Crippen LogP contribution is -2.37. The van der Waals surface area contributed by atoms with Crippen LogP contribution in [0, 0.1) is 18.7 Å². The first-order chi connectivity index (χ1) is 17.8. The summed E-state index contributed by atoms with van der Waals surface area (Å²) in [6.45, 7) is 6.08. The minimum Gasteiger partial charge on any atom is -0.353 e. The maximum absolute atomic E-state index is 13.2. The lowest BCUT2D eigenvalue weighted by Gasteiger charge is -2.28. The molecule has 10 nitrogen and oxygen atoms in total. The molecule has 3 atom stereocenters. The second-order valence-electron chi connectivity index (χ2n) is 10.2. The van der Waals surface area contributed by atoms with Crippen LogP contribution in [0.2, 0.25) is 0 Å². The largest absolute Gasteiger partial charge is 0.353 e. The van der Waals surface area contributed by atoms with Crippen molar-refractivity contribution in [1.29, 1.82) is 0 Å². The van der Waals surface area contributed by atoms with Crippen molar-refractivity contribution < 1.29 is 9.18 Å². The highest BCUT2D eigenvalue weighted by Crippen LogP contribution is 2.35. The molecule has 0 spiro atoms. The van der Waals surface area contributed by atoms with Crippen molar-refractivity contribution >= 4 is 11.7 Å². The molecule has 2 aliphatic rings. The summed E-state index contributed by atoms with van der Waals surface area (Å²) >= 11 is 0. The van der Waals surface area contributed by atoms with E-state index in [4.69, 9.17) is 9.97 Å². The van der Waals surface area contributed by atoms with Gasteiger partial charge in [-0.2, -0.15) is 5.10 Å². The number of carbonyl (C=O) groups excluding carboxylic acids is 1. The lowest BCUT2D eigenvalue weighted by atomic mass is 9.81. The summed E-state index contributed by atoms with van der Waals surface area (Å²) in [6, 6.07) is 5.84. The van der Waals surface area contributed by atoms with Gasteiger partial charge in [-0.3, -0.25) is 10.2 Å². The molecular weight excluding hydrogens is 473 g/mol. The van der Waals surface area contributed by atoms with Crippen LogP contribution in [-0.2, 0) is 4.79 Å². The van der Waals surface area contributed by atoms with Gasteiger partial charge in [0, 0.05) is 35.8 Å². The monoisotopic (exact) mass is 507 g/mol. The SMILES string of the molecule is Cc1cc(NC2CC(C)NN2)nc(C2CCC(C(=O)N[C@@H](C)c3ccc(-n4cc(F)cn4)nc3)CC2)n1. The van der Waals surface area contributed by atoms with Gasteiger partial charge in [-0.1, -0.05) is 6.07 Å². The van der Waals surface area contributed by atoms with Crippen molar-refractivity contribution in [2.75, 3.05) is 5.32 Å². The van der Waals surface area contributed by atoms with Crippen molar-refractivity contribution in [3.05, 3.63) is 59.7 Å². The van der Waals surface area contributed by atoms with Crippen molar-refractivity contribution in [1.82, 2.24) is 40.9 Å². The number of nitrogens with zero attached hydrogens (tertiary/aromatic N) is 5. The summed E-state index contributed by atoms with van der Waals surface area (Å²) < 4.78 is 14.6. The van der Waals surface area contributed by atoms with Gasteiger partial charge in [0.15, 0.2) is 11.6 Å². The molecule has 0 radical (unpaired) electrons. The normalized spacial score (nSPS) is 24.5. The molecule has 5 rings (SSSR count). The fraction of sp³-hybridized carbons (Fsp3) is 0.500. The van der Waals surface area contributed by atoms with E-state index in [1.165, 1.54) is 10.9 Å². The van der Waals surface area contributed by atoms with Gasteiger partial charge in [-0.15, -0.1) is 0 Å². The second kappa shape index (κ2) is 10.9. The summed E-state index contributed by atoms with van der Waals surface area (Å²) in [5.74, 6) is 2.08. The maximum Gasteiger partial charge on any atom is 0.223 e. The Morgan fingerprint density at radius 1 is 1.16 bits per heavy atom. The number of rotatable bonds is 7. The van der Waals surface area contributed by atoms with Gasteiger partial charge in [-0.25, -0.2) is 29.4 Å². The predicted molar refractivity (Wildman–Crippen MR) is 137 cm³/mol. The standard InChI is InChI=1S/C26H34FN9O/c1-15-10-22(32-23-11-16(2)34-35-23)33-25(30-15)18-4-6-19(7-5-18)26(37)31-17(3)20-8-9-24(28-12-20)36-14-21(27)13-29-36/h8-10,12-14,16-19,23,34-35H,4-7,11H2,1-3H3,(H,31,37)(H,30,32,33)/t16?,17-,18?,19?,23?/m0/s1. The first-order valence-electron chi connectivity index (χ1n) is 12.9. The van der Waals surface area contributed by atoms with Gasteiger partial charge >= 0.3 is 0 Å². The highest BCUT2D eigenvalue weighted by molar-refractivity contribution is 5.79. The Balaban J connectivity index is 1.14. The second-order valence-corrected chi connectivity index (χ2v) is 10.2. The summed E-state index contributed by atoms with van der Waals surface area (Å²) in [5, 5.41) is 10.5. The lowest BCUT2D eigenvalue weighted by molar-refractivity contribution is -0.126. The van der Waals surface area contributed by atoms with E-state index in [1.807, 2.05) is 26.0 Å². The summed E-state index contributed by atoms with van der Waals surface area (Å²) in [4.78, 5) is 26.9. The Kier molecular flexibility index (Phi) is 7.43. The zero-order valence-corrected chi connectivity index (χ0v) is 21.4. The fourth-order valence-electron chi connectivity index (χ4n) is 5.08. The molecule has 0 aromatic carbocycles. The van der Waals surface area contributed by atoms with Crippen LogP contribution in [0.15, 0.2) is 36.8 Å². The number of aryl methyl sites for hydroxylation is 1. The number of carbonyl (C=O) groups is 1. The van der Waals surface area contributed by atoms with E-state index < -0.39 is 5.82 Å². The molecule has 4 N–H and O–H groups in total. The number of hydrogen-bond acceptors (Lipinski definition) is 8. The van der Waals surface area contributed by atoms with E-state index in [1.54, 1.807) is 12.3 Å². The van der Waals surface area contributed by atoms with Gasteiger partial charge < -0.3 is 10.6 Å². The van der Waals surface area contributed by atoms with Gasteiger partial charge in [0.2, 0.25) is 5.91 Å². The maximum atomic E-state index is 13.2. The number of hydrazine groups is 1. The highest BCUT2D eigenvalue weighted by atomic mass is 19.1. The summed E-state index contributed by atoms with van der Waals surface area (Å²) in [6.07, 6.45) is 8.58. The van der Waals surface area contributed by atoms with E-state index in [2.05, 4.69) is 38.5 Å². The number of amides is 1. The molecule has 3 aromatic rings. The van der Waals surface area contributed by atoms with Crippen molar-refractivity contribution in [3.63, 3.8) is 0 Å². The zero-order chi connectivity index (χ0) is 25.9. The number of nitrogens with one attached hydrogen (secondary N) is 4. The molecule has 1 aliphatic carbocycles. The Morgan fingerprint density at radius 3 is 2.62 bits per heavy atom. The first kappa shape index (κ1) is 25.2. The molecule has 2 fully saturated rings. The van der Waals surface area contributed by atoms with Crippen LogP contribution >= 0.6 is 0 Å². The van der Waals surface area contributed by atoms with Crippen molar-refractivity contribution in [2.24, 2.45) is 5.92 Å². The smallest absolute Gasteiger partial charge is 0.223 e. The van der Waals surface area contributed by atoms with E-state index in [-0.39, 0.29) is 30.0 Å². The molecular formula is C26H34FN9O. The molecule has 2 unspecified atom stereocenters. The Labute approximate surface area is 215 Å². The van der Waals surface area contributed by atoms with Gasteiger partial charge in [0.25, 0.3) is 0 Å². The Morgan fingerprint density at radius 2 is 1.97 bits per heavy atom. The number of aromatic nitrogens is 5. The molecule has 1 saturated carbocycles. The van der Waals surface area contributed by atoms with E-state index >= 15 is 0 Å². The number of anilines is 1. The molecule has 3 aromatic heterocycles. The molecule has 1 amide bonds. The van der Waals surface area contributed by atoms with Crippen LogP contribution in [0.25, 0.3) is 5.82 Å². The summed E-state index contributed by atoms with van der Waals surface area (Å²) in [5.41, 5.74) is 8.29. The first-order valence-corrected chi connectivity index (χ1v) is 12.9. The Bertz CT molecular complexity index is 1220. The highest BCUT2D eigenvalue weighted by Gasteiger charge is 2.30. The fourth-order valence-corrected chi connectivity index (χ4v) is 5.08. The average molecular weight is 508 g/mol. The van der Waals surface area contributed by atoms with Crippen molar-refractivity contribution in [2.45, 2.75) is 77.0 Å². The topological polar surface area (TPSA) is 122 Å². The van der Waals surface area contributed by atoms with Gasteiger partial charge in [0.1, 0.15) is 11.6 Å². The molecule has 1 saturated heterocycles. The molecule has 0 bridgehead atoms. The molecule has 1 aliphatic heterocycles. The molecule has 4 heterocycles. The van der Waals surface area contributed by atoms with Crippen LogP contribution in [0.5, 0.6) is 0 Å². The van der Waals surface area contributed by atoms with Crippen molar-refractivity contribution in [3.8, 4) is 5.82 Å². The minimum absolute atomic E-state index is 0.0318. The van der Waals surface area contributed by atoms with E-state index in [0.29, 0.717) is 11.9 Å². The van der Waals surface area contributed by atoms with Crippen LogP contribution < -0.4 is 21.5 Å². The van der Waals surface area contributed by atoms with Crippen LogP contribution in [0.3, 0.4) is 0 Å². The van der Waals surface area contributed by atoms with Crippen LogP contribution in [0.1, 0.15) is 75.0 Å². The molecule has 196 valence electrons. The third kappa shape index (κ3) is 6.11. The number of pyridine rings is 1. The molecule has 11 heteroatoms. The van der Waals surface area contributed by atoms with Gasteiger partial charge in [0.05, 0.1) is 24.6 Å².